The molecule has 0 saturated carbocycles. The second-order valence-electron chi connectivity index (χ2n) is 4.51. The molecular weight excluding hydrogens is 252 g/mol. The van der Waals surface area contributed by atoms with Gasteiger partial charge in [0.1, 0.15) is 0 Å². The molecule has 0 amide bonds. The van der Waals surface area contributed by atoms with Crippen LogP contribution < -0.4 is 5.43 Å². The van der Waals surface area contributed by atoms with E-state index >= 15 is 0 Å². The number of esters is 1. The highest BCUT2D eigenvalue weighted by molar-refractivity contribution is 6.06. The van der Waals surface area contributed by atoms with Crippen LogP contribution in [0.1, 0.15) is 10.4 Å². The average Bonchev–Trinajstić information content (AvgIpc) is 2.64. The maximum absolute atomic E-state index is 12.7. The average molecular weight is 264 g/mol. The summed E-state index contributed by atoms with van der Waals surface area (Å²) < 4.78 is 4.76. The molecule has 3 rings (SSSR count). The second kappa shape index (κ2) is 4.78. The summed E-state index contributed by atoms with van der Waals surface area (Å²) in [7, 11) is 1.31. The monoisotopic (exact) mass is 264 g/mol. The Kier molecular flexibility index (Phi) is 2.95. The highest BCUT2D eigenvalue weighted by atomic mass is 16.5. The van der Waals surface area contributed by atoms with Crippen LogP contribution in [0.15, 0.2) is 59.4 Å². The minimum Gasteiger partial charge on any atom is -0.465 e. The van der Waals surface area contributed by atoms with Crippen LogP contribution in [0.4, 0.5) is 0 Å². The highest BCUT2D eigenvalue weighted by Gasteiger charge is 2.13. The van der Waals surface area contributed by atoms with Gasteiger partial charge >= 0.3 is 5.97 Å². The molecule has 0 bridgehead atoms. The Bertz CT molecular complexity index is 882. The Labute approximate surface area is 115 Å². The van der Waals surface area contributed by atoms with E-state index in [0.29, 0.717) is 16.3 Å². The number of ether oxygens (including phenoxy) is 1. The quantitative estimate of drug-likeness (QED) is 0.634. The molecule has 98 valence electrons. The summed E-state index contributed by atoms with van der Waals surface area (Å²) in [4.78, 5) is 24.6. The number of hydrogen-bond donors (Lipinski definition) is 0. The van der Waals surface area contributed by atoms with Gasteiger partial charge in [0.2, 0.25) is 0 Å². The fourth-order valence-electron chi connectivity index (χ4n) is 2.41. The van der Waals surface area contributed by atoms with Crippen molar-refractivity contribution >= 4 is 27.5 Å². The van der Waals surface area contributed by atoms with Gasteiger partial charge in [0.05, 0.1) is 12.7 Å². The van der Waals surface area contributed by atoms with E-state index in [1.807, 2.05) is 36.4 Å². The number of methoxy groups -OCH3 is 1. The molecule has 20 heavy (non-hydrogen) atoms. The topological polar surface area (TPSA) is 43.4 Å². The molecule has 0 aromatic heterocycles. The van der Waals surface area contributed by atoms with Gasteiger partial charge < -0.3 is 4.74 Å². The van der Waals surface area contributed by atoms with E-state index in [1.165, 1.54) is 7.11 Å². The van der Waals surface area contributed by atoms with Crippen LogP contribution in [0.25, 0.3) is 21.5 Å². The Morgan fingerprint density at radius 3 is 2.40 bits per heavy atom. The van der Waals surface area contributed by atoms with Gasteiger partial charge in [0.25, 0.3) is 0 Å². The normalized spacial score (nSPS) is 10.7. The molecule has 0 N–H and O–H groups in total. The lowest BCUT2D eigenvalue weighted by molar-refractivity contribution is 0.0603. The summed E-state index contributed by atoms with van der Waals surface area (Å²) in [5.74, 6) is -0.497. The summed E-state index contributed by atoms with van der Waals surface area (Å²) >= 11 is 0. The molecule has 0 fully saturated rings. The van der Waals surface area contributed by atoms with Crippen LogP contribution >= 0.6 is 0 Å². The van der Waals surface area contributed by atoms with Crippen LogP contribution in [0.2, 0.25) is 0 Å². The Balaban J connectivity index is 2.58. The Morgan fingerprint density at radius 2 is 1.60 bits per heavy atom. The van der Waals surface area contributed by atoms with Gasteiger partial charge in [-0.05, 0) is 16.8 Å². The maximum Gasteiger partial charge on any atom is 0.338 e. The Morgan fingerprint density at radius 1 is 0.900 bits per heavy atom. The minimum atomic E-state index is -0.497. The lowest BCUT2D eigenvalue weighted by Gasteiger charge is -2.01. The molecule has 0 unspecified atom stereocenters. The summed E-state index contributed by atoms with van der Waals surface area (Å²) in [5.41, 5.74) is 0.151. The minimum absolute atomic E-state index is 0.151. The van der Waals surface area contributed by atoms with Crippen molar-refractivity contribution in [3.05, 3.63) is 70.4 Å². The molecule has 0 radical (unpaired) electrons. The van der Waals surface area contributed by atoms with E-state index in [9.17, 15) is 9.59 Å². The van der Waals surface area contributed by atoms with Crippen LogP contribution in [-0.4, -0.2) is 13.1 Å². The van der Waals surface area contributed by atoms with Crippen LogP contribution in [0.5, 0.6) is 0 Å². The molecule has 0 heterocycles. The first-order valence-electron chi connectivity index (χ1n) is 6.25. The third kappa shape index (κ3) is 1.84. The molecule has 0 aliphatic rings. The van der Waals surface area contributed by atoms with E-state index in [2.05, 4.69) is 0 Å². The SMILES string of the molecule is COC(=O)c1cccc2ccc3ccccc3c(=O)c12. The fourth-order valence-corrected chi connectivity index (χ4v) is 2.41. The number of carbonyl (C=O) groups excluding carboxylic acids is 1. The van der Waals surface area contributed by atoms with E-state index < -0.39 is 5.97 Å². The van der Waals surface area contributed by atoms with E-state index in [4.69, 9.17) is 4.74 Å². The molecule has 0 aliphatic heterocycles. The first-order valence-corrected chi connectivity index (χ1v) is 6.25. The molecule has 0 atom stereocenters. The number of rotatable bonds is 1. The first-order chi connectivity index (χ1) is 9.72. The van der Waals surface area contributed by atoms with Gasteiger partial charge in [-0.15, -0.1) is 0 Å². The van der Waals surface area contributed by atoms with Gasteiger partial charge in [-0.2, -0.15) is 0 Å². The zero-order valence-corrected chi connectivity index (χ0v) is 10.9. The Hall–Kier alpha value is -2.68. The van der Waals surface area contributed by atoms with Crippen LogP contribution in [0.3, 0.4) is 0 Å². The van der Waals surface area contributed by atoms with Crippen molar-refractivity contribution in [2.45, 2.75) is 0 Å². The predicted molar refractivity (Wildman–Crippen MR) is 79.1 cm³/mol. The molecule has 3 heteroatoms. The van der Waals surface area contributed by atoms with Crippen molar-refractivity contribution in [1.82, 2.24) is 0 Å². The lowest BCUT2D eigenvalue weighted by Crippen LogP contribution is -2.08. The van der Waals surface area contributed by atoms with Crippen molar-refractivity contribution in [3.8, 4) is 0 Å². The van der Waals surface area contributed by atoms with Crippen LogP contribution in [-0.2, 0) is 4.74 Å². The fraction of sp³-hybridized carbons (Fsp3) is 0.0588. The lowest BCUT2D eigenvalue weighted by atomic mass is 10.1. The third-order valence-electron chi connectivity index (χ3n) is 3.38. The van der Waals surface area contributed by atoms with Crippen molar-refractivity contribution in [1.29, 1.82) is 0 Å². The molecule has 0 aliphatic carbocycles. The number of benzene rings is 2. The van der Waals surface area contributed by atoms with Crippen LogP contribution in [0, 0.1) is 0 Å². The summed E-state index contributed by atoms with van der Waals surface area (Å²) in [6, 6.07) is 16.3. The number of carbonyl (C=O) groups is 1. The molecule has 0 spiro atoms. The highest BCUT2D eigenvalue weighted by Crippen LogP contribution is 2.19. The van der Waals surface area contributed by atoms with Crippen molar-refractivity contribution in [2.75, 3.05) is 7.11 Å². The summed E-state index contributed by atoms with van der Waals surface area (Å²) in [5, 5.41) is 2.58. The number of fused-ring (bicyclic) bond motifs is 2. The summed E-state index contributed by atoms with van der Waals surface area (Å²) in [6.07, 6.45) is 0. The smallest absolute Gasteiger partial charge is 0.338 e. The van der Waals surface area contributed by atoms with Crippen molar-refractivity contribution in [3.63, 3.8) is 0 Å². The zero-order valence-electron chi connectivity index (χ0n) is 10.9. The predicted octanol–water partition coefficient (Wildman–Crippen LogP) is 3.14. The van der Waals surface area contributed by atoms with Gasteiger partial charge in [0, 0.05) is 10.8 Å². The second-order valence-corrected chi connectivity index (χ2v) is 4.51. The maximum atomic E-state index is 12.7. The molecular formula is C17H12O3. The van der Waals surface area contributed by atoms with Gasteiger partial charge in [0.15, 0.2) is 5.43 Å². The van der Waals surface area contributed by atoms with E-state index in [-0.39, 0.29) is 5.43 Å². The van der Waals surface area contributed by atoms with E-state index in [1.54, 1.807) is 18.2 Å². The zero-order chi connectivity index (χ0) is 14.1. The molecule has 3 nitrogen and oxygen atoms in total. The molecule has 0 saturated heterocycles. The summed E-state index contributed by atoms with van der Waals surface area (Å²) in [6.45, 7) is 0. The number of hydrogen-bond acceptors (Lipinski definition) is 3. The largest absolute Gasteiger partial charge is 0.465 e. The van der Waals surface area contributed by atoms with Gasteiger partial charge in [-0.1, -0.05) is 48.5 Å². The van der Waals surface area contributed by atoms with E-state index in [0.717, 1.165) is 10.8 Å². The first kappa shape index (κ1) is 12.4. The van der Waals surface area contributed by atoms with Crippen molar-refractivity contribution < 1.29 is 9.53 Å². The molecule has 3 aromatic carbocycles. The van der Waals surface area contributed by atoms with Gasteiger partial charge in [-0.25, -0.2) is 4.79 Å². The molecule has 3 aromatic rings. The third-order valence-corrected chi connectivity index (χ3v) is 3.38. The van der Waals surface area contributed by atoms with Gasteiger partial charge in [-0.3, -0.25) is 4.79 Å². The van der Waals surface area contributed by atoms with Crippen molar-refractivity contribution in [2.24, 2.45) is 0 Å². The standard InChI is InChI=1S/C17H12O3/c1-20-17(19)14-8-4-6-12-10-9-11-5-2-3-7-13(11)16(18)15(12)14/h2-10H,1H3.